The highest BCUT2D eigenvalue weighted by molar-refractivity contribution is 6.14. The van der Waals surface area contributed by atoms with E-state index in [0.717, 1.165) is 0 Å². The molecule has 9 heteroatoms. The van der Waals surface area contributed by atoms with E-state index in [9.17, 15) is 19.7 Å². The fourth-order valence-electron chi connectivity index (χ4n) is 2.63. The predicted octanol–water partition coefficient (Wildman–Crippen LogP) is 2.58. The normalized spacial score (nSPS) is 14.4. The molecule has 0 N–H and O–H groups in total. The molecular weight excluding hydrogens is 356 g/mol. The number of hydrogen-bond donors (Lipinski definition) is 0. The van der Waals surface area contributed by atoms with E-state index in [2.05, 4.69) is 0 Å². The number of esters is 2. The van der Waals surface area contributed by atoms with Gasteiger partial charge in [0.25, 0.3) is 5.69 Å². The maximum atomic E-state index is 12.2. The summed E-state index contributed by atoms with van der Waals surface area (Å²) in [5.41, 5.74) is -0.721. The number of nitrogens with zero attached hydrogens (tertiary/aromatic N) is 2. The van der Waals surface area contributed by atoms with Crippen LogP contribution in [-0.4, -0.2) is 42.2 Å². The molecule has 1 aliphatic heterocycles. The molecule has 1 heterocycles. The lowest BCUT2D eigenvalue weighted by Gasteiger charge is -2.39. The Hall–Kier alpha value is -3.10. The summed E-state index contributed by atoms with van der Waals surface area (Å²) in [5.74, 6) is -1.25. The van der Waals surface area contributed by atoms with Crippen LogP contribution in [0.4, 0.5) is 11.4 Å². The van der Waals surface area contributed by atoms with Gasteiger partial charge in [-0.1, -0.05) is 0 Å². The smallest absolute Gasteiger partial charge is 0.347 e. The van der Waals surface area contributed by atoms with Gasteiger partial charge in [-0.2, -0.15) is 0 Å². The molecule has 0 unspecified atom stereocenters. The zero-order chi connectivity index (χ0) is 20.2. The molecule has 1 aromatic carbocycles. The number of benzene rings is 1. The minimum atomic E-state index is -0.827. The summed E-state index contributed by atoms with van der Waals surface area (Å²) in [5, 5.41) is 11.1. The van der Waals surface area contributed by atoms with Gasteiger partial charge in [-0.25, -0.2) is 9.59 Å². The minimum Gasteiger partial charge on any atom is -0.484 e. The van der Waals surface area contributed by atoms with E-state index in [-0.39, 0.29) is 31.0 Å². The SMILES string of the molecule is CCOC(=O)C(=CN1CC(C)(C)Oc2ccc([N+](=O)[O-])cc21)C(=O)OCC. The van der Waals surface area contributed by atoms with Gasteiger partial charge in [0.1, 0.15) is 11.4 Å². The van der Waals surface area contributed by atoms with Crippen molar-refractivity contribution in [1.29, 1.82) is 0 Å². The molecule has 0 aromatic heterocycles. The Morgan fingerprint density at radius 2 is 1.85 bits per heavy atom. The van der Waals surface area contributed by atoms with Crippen LogP contribution in [-0.2, 0) is 19.1 Å². The van der Waals surface area contributed by atoms with Gasteiger partial charge in [-0.3, -0.25) is 10.1 Å². The number of carbonyl (C=O) groups is 2. The number of nitro benzene ring substituents is 1. The maximum Gasteiger partial charge on any atom is 0.347 e. The summed E-state index contributed by atoms with van der Waals surface area (Å²) < 4.78 is 15.7. The second-order valence-corrected chi connectivity index (χ2v) is 6.38. The first kappa shape index (κ1) is 20.2. The standard InChI is InChI=1S/C18H22N2O7/c1-5-25-16(21)13(17(22)26-6-2)10-19-11-18(3,4)27-15-8-7-12(20(23)24)9-14(15)19/h7-10H,5-6,11H2,1-4H3. The van der Waals surface area contributed by atoms with Gasteiger partial charge in [0.15, 0.2) is 5.57 Å². The van der Waals surface area contributed by atoms with Gasteiger partial charge in [0, 0.05) is 18.3 Å². The molecule has 0 atom stereocenters. The van der Waals surface area contributed by atoms with E-state index in [0.29, 0.717) is 11.4 Å². The van der Waals surface area contributed by atoms with E-state index in [1.165, 1.54) is 24.4 Å². The Morgan fingerprint density at radius 1 is 1.26 bits per heavy atom. The summed E-state index contributed by atoms with van der Waals surface area (Å²) >= 11 is 0. The number of non-ortho nitro benzene ring substituents is 1. The molecule has 0 amide bonds. The van der Waals surface area contributed by atoms with Gasteiger partial charge in [0.05, 0.1) is 30.4 Å². The van der Waals surface area contributed by atoms with Crippen LogP contribution in [0.25, 0.3) is 0 Å². The largest absolute Gasteiger partial charge is 0.484 e. The van der Waals surface area contributed by atoms with Gasteiger partial charge < -0.3 is 19.1 Å². The first-order chi connectivity index (χ1) is 12.7. The van der Waals surface area contributed by atoms with Crippen LogP contribution in [0.5, 0.6) is 5.75 Å². The van der Waals surface area contributed by atoms with Crippen molar-refractivity contribution in [1.82, 2.24) is 0 Å². The Labute approximate surface area is 156 Å². The van der Waals surface area contributed by atoms with Crippen LogP contribution in [0.2, 0.25) is 0 Å². The van der Waals surface area contributed by atoms with Crippen molar-refractivity contribution in [3.63, 3.8) is 0 Å². The van der Waals surface area contributed by atoms with Gasteiger partial charge in [-0.05, 0) is 33.8 Å². The second kappa shape index (κ2) is 8.07. The summed E-state index contributed by atoms with van der Waals surface area (Å²) in [7, 11) is 0. The summed E-state index contributed by atoms with van der Waals surface area (Å²) in [4.78, 5) is 36.6. The number of ether oxygens (including phenoxy) is 3. The Balaban J connectivity index is 2.54. The third-order valence-corrected chi connectivity index (χ3v) is 3.68. The lowest BCUT2D eigenvalue weighted by molar-refractivity contribution is -0.384. The summed E-state index contributed by atoms with van der Waals surface area (Å²) in [6, 6.07) is 4.15. The molecule has 0 spiro atoms. The fraction of sp³-hybridized carbons (Fsp3) is 0.444. The number of nitro groups is 1. The van der Waals surface area contributed by atoms with Gasteiger partial charge >= 0.3 is 11.9 Å². The van der Waals surface area contributed by atoms with Crippen molar-refractivity contribution in [2.24, 2.45) is 0 Å². The number of rotatable bonds is 6. The molecule has 146 valence electrons. The highest BCUT2D eigenvalue weighted by atomic mass is 16.6. The molecule has 0 saturated heterocycles. The van der Waals surface area contributed by atoms with E-state index in [1.54, 1.807) is 18.7 Å². The molecule has 0 radical (unpaired) electrons. The van der Waals surface area contributed by atoms with E-state index in [1.807, 2.05) is 13.8 Å². The highest BCUT2D eigenvalue weighted by Gasteiger charge is 2.34. The zero-order valence-electron chi connectivity index (χ0n) is 15.7. The molecule has 0 fully saturated rings. The molecule has 0 bridgehead atoms. The Morgan fingerprint density at radius 3 is 2.37 bits per heavy atom. The first-order valence-corrected chi connectivity index (χ1v) is 8.48. The predicted molar refractivity (Wildman–Crippen MR) is 96.5 cm³/mol. The topological polar surface area (TPSA) is 108 Å². The molecule has 1 aliphatic rings. The number of carbonyl (C=O) groups excluding carboxylic acids is 2. The van der Waals surface area contributed by atoms with Crippen LogP contribution in [0.15, 0.2) is 30.0 Å². The molecule has 0 saturated carbocycles. The molecule has 0 aliphatic carbocycles. The molecule has 2 rings (SSSR count). The average molecular weight is 378 g/mol. The third kappa shape index (κ3) is 4.75. The van der Waals surface area contributed by atoms with Crippen LogP contribution < -0.4 is 9.64 Å². The first-order valence-electron chi connectivity index (χ1n) is 8.48. The lowest BCUT2D eigenvalue weighted by atomic mass is 10.0. The van der Waals surface area contributed by atoms with Crippen LogP contribution in [0.1, 0.15) is 27.7 Å². The molecule has 9 nitrogen and oxygen atoms in total. The van der Waals surface area contributed by atoms with E-state index in [4.69, 9.17) is 14.2 Å². The lowest BCUT2D eigenvalue weighted by Crippen LogP contribution is -2.45. The van der Waals surface area contributed by atoms with Crippen molar-refractivity contribution in [3.8, 4) is 5.75 Å². The van der Waals surface area contributed by atoms with Crippen LogP contribution >= 0.6 is 0 Å². The number of hydrogen-bond acceptors (Lipinski definition) is 8. The van der Waals surface area contributed by atoms with Crippen molar-refractivity contribution in [3.05, 3.63) is 40.1 Å². The Bertz CT molecular complexity index is 766. The van der Waals surface area contributed by atoms with Crippen molar-refractivity contribution < 1.29 is 28.7 Å². The zero-order valence-corrected chi connectivity index (χ0v) is 15.7. The minimum absolute atomic E-state index is 0.0895. The summed E-state index contributed by atoms with van der Waals surface area (Å²) in [6.45, 7) is 7.33. The monoisotopic (exact) mass is 378 g/mol. The quantitative estimate of drug-likeness (QED) is 0.186. The van der Waals surface area contributed by atoms with Gasteiger partial charge in [-0.15, -0.1) is 0 Å². The van der Waals surface area contributed by atoms with Crippen molar-refractivity contribution >= 4 is 23.3 Å². The van der Waals surface area contributed by atoms with Crippen LogP contribution in [0.3, 0.4) is 0 Å². The van der Waals surface area contributed by atoms with E-state index < -0.39 is 22.5 Å². The van der Waals surface area contributed by atoms with E-state index >= 15 is 0 Å². The number of anilines is 1. The van der Waals surface area contributed by atoms with Gasteiger partial charge in [0.2, 0.25) is 0 Å². The molecule has 27 heavy (non-hydrogen) atoms. The maximum absolute atomic E-state index is 12.2. The highest BCUT2D eigenvalue weighted by Crippen LogP contribution is 2.39. The molecule has 1 aromatic rings. The van der Waals surface area contributed by atoms with Crippen molar-refractivity contribution in [2.45, 2.75) is 33.3 Å². The van der Waals surface area contributed by atoms with Crippen LogP contribution in [0, 0.1) is 10.1 Å². The van der Waals surface area contributed by atoms with Crippen molar-refractivity contribution in [2.75, 3.05) is 24.7 Å². The average Bonchev–Trinajstić information content (AvgIpc) is 2.58. The Kier molecular flexibility index (Phi) is 6.04. The molecular formula is C18H22N2O7. The number of fused-ring (bicyclic) bond motifs is 1. The third-order valence-electron chi connectivity index (χ3n) is 3.68. The fourth-order valence-corrected chi connectivity index (χ4v) is 2.63. The summed E-state index contributed by atoms with van der Waals surface area (Å²) in [6.07, 6.45) is 1.29. The second-order valence-electron chi connectivity index (χ2n) is 6.38.